The lowest BCUT2D eigenvalue weighted by atomic mass is 10.1. The molecule has 20 heavy (non-hydrogen) atoms. The van der Waals surface area contributed by atoms with Gasteiger partial charge in [0.1, 0.15) is 0 Å². The van der Waals surface area contributed by atoms with Gasteiger partial charge < -0.3 is 5.32 Å². The van der Waals surface area contributed by atoms with E-state index in [1.807, 2.05) is 7.05 Å². The van der Waals surface area contributed by atoms with Crippen molar-refractivity contribution in [3.63, 3.8) is 0 Å². The summed E-state index contributed by atoms with van der Waals surface area (Å²) < 4.78 is 4.44. The smallest absolute Gasteiger partial charge is 0.0766 e. The van der Waals surface area contributed by atoms with Crippen LogP contribution in [0.5, 0.6) is 0 Å². The highest BCUT2D eigenvalue weighted by Gasteiger charge is 2.19. The second kappa shape index (κ2) is 7.20. The van der Waals surface area contributed by atoms with Crippen molar-refractivity contribution in [2.45, 2.75) is 39.3 Å². The number of hydrogen-bond donors (Lipinski definition) is 1. The Bertz CT molecular complexity index is 577. The minimum Gasteiger partial charge on any atom is -0.313 e. The quantitative estimate of drug-likeness (QED) is 0.742. The standard InChI is InChI=1S/C14H19Br2N3S/c1-4-10-14(16)12(19(5-2)18-10)7-11(17-3)9-6-13(15)20-8-9/h6,8,11,17H,4-5,7H2,1-3H3. The molecule has 0 aliphatic carbocycles. The van der Waals surface area contributed by atoms with E-state index in [1.165, 1.54) is 15.0 Å². The van der Waals surface area contributed by atoms with Gasteiger partial charge in [-0.2, -0.15) is 5.10 Å². The molecule has 110 valence electrons. The lowest BCUT2D eigenvalue weighted by Gasteiger charge is -2.16. The first kappa shape index (κ1) is 16.2. The third-order valence-corrected chi connectivity index (χ3v) is 5.87. The van der Waals surface area contributed by atoms with Crippen molar-refractivity contribution in [1.29, 1.82) is 0 Å². The van der Waals surface area contributed by atoms with Gasteiger partial charge in [-0.15, -0.1) is 11.3 Å². The fraction of sp³-hybridized carbons (Fsp3) is 0.500. The number of thiophene rings is 1. The first-order chi connectivity index (χ1) is 9.60. The van der Waals surface area contributed by atoms with Gasteiger partial charge in [0.15, 0.2) is 0 Å². The molecule has 0 saturated heterocycles. The normalized spacial score (nSPS) is 12.8. The molecule has 0 aromatic carbocycles. The molecule has 2 aromatic rings. The molecular weight excluding hydrogens is 402 g/mol. The predicted molar refractivity (Wildman–Crippen MR) is 92.5 cm³/mol. The number of likely N-dealkylation sites (N-methyl/N-ethyl adjacent to an activating group) is 1. The first-order valence-electron chi connectivity index (χ1n) is 6.75. The van der Waals surface area contributed by atoms with Crippen molar-refractivity contribution in [3.05, 3.63) is 36.7 Å². The molecule has 0 aliphatic rings. The SMILES string of the molecule is CCc1nn(CC)c(CC(NC)c2csc(Br)c2)c1Br. The molecule has 0 saturated carbocycles. The lowest BCUT2D eigenvalue weighted by Crippen LogP contribution is -2.20. The topological polar surface area (TPSA) is 29.9 Å². The number of aryl methyl sites for hydroxylation is 2. The molecule has 0 amide bonds. The maximum absolute atomic E-state index is 4.67. The van der Waals surface area contributed by atoms with Crippen LogP contribution >= 0.6 is 43.2 Å². The number of nitrogens with zero attached hydrogens (tertiary/aromatic N) is 2. The second-order valence-corrected chi connectivity index (χ2v) is 7.69. The van der Waals surface area contributed by atoms with Gasteiger partial charge in [-0.1, -0.05) is 6.92 Å². The van der Waals surface area contributed by atoms with Gasteiger partial charge in [0, 0.05) is 19.0 Å². The third-order valence-electron chi connectivity index (χ3n) is 3.43. The number of aromatic nitrogens is 2. The number of hydrogen-bond acceptors (Lipinski definition) is 3. The van der Waals surface area contributed by atoms with E-state index in [-0.39, 0.29) is 0 Å². The summed E-state index contributed by atoms with van der Waals surface area (Å²) in [6, 6.07) is 2.49. The van der Waals surface area contributed by atoms with Crippen LogP contribution in [0.4, 0.5) is 0 Å². The molecule has 0 spiro atoms. The van der Waals surface area contributed by atoms with E-state index >= 15 is 0 Å². The van der Waals surface area contributed by atoms with E-state index in [2.05, 4.69) is 72.3 Å². The zero-order valence-corrected chi connectivity index (χ0v) is 15.9. The molecule has 0 bridgehead atoms. The summed E-state index contributed by atoms with van der Waals surface area (Å²) in [7, 11) is 2.01. The van der Waals surface area contributed by atoms with Gasteiger partial charge in [-0.25, -0.2) is 0 Å². The van der Waals surface area contributed by atoms with Crippen LogP contribution in [0.3, 0.4) is 0 Å². The fourth-order valence-electron chi connectivity index (χ4n) is 2.30. The van der Waals surface area contributed by atoms with E-state index in [0.29, 0.717) is 6.04 Å². The van der Waals surface area contributed by atoms with Crippen molar-refractivity contribution in [2.24, 2.45) is 0 Å². The van der Waals surface area contributed by atoms with Gasteiger partial charge in [-0.3, -0.25) is 4.68 Å². The Morgan fingerprint density at radius 3 is 2.65 bits per heavy atom. The van der Waals surface area contributed by atoms with Crippen LogP contribution in [-0.2, 0) is 19.4 Å². The molecule has 0 aliphatic heterocycles. The van der Waals surface area contributed by atoms with Crippen LogP contribution in [0.1, 0.15) is 36.8 Å². The Morgan fingerprint density at radius 1 is 1.40 bits per heavy atom. The Morgan fingerprint density at radius 2 is 2.15 bits per heavy atom. The highest BCUT2D eigenvalue weighted by molar-refractivity contribution is 9.11. The maximum Gasteiger partial charge on any atom is 0.0766 e. The highest BCUT2D eigenvalue weighted by Crippen LogP contribution is 2.30. The molecule has 1 unspecified atom stereocenters. The molecule has 3 nitrogen and oxygen atoms in total. The Hall–Kier alpha value is -0.170. The van der Waals surface area contributed by atoms with E-state index < -0.39 is 0 Å². The number of nitrogens with one attached hydrogen (secondary N) is 1. The van der Waals surface area contributed by atoms with Crippen LogP contribution in [0.15, 0.2) is 19.7 Å². The van der Waals surface area contributed by atoms with Crippen molar-refractivity contribution < 1.29 is 0 Å². The summed E-state index contributed by atoms with van der Waals surface area (Å²) in [4.78, 5) is 0. The van der Waals surface area contributed by atoms with E-state index in [0.717, 1.165) is 29.6 Å². The third kappa shape index (κ3) is 3.35. The van der Waals surface area contributed by atoms with Crippen molar-refractivity contribution >= 4 is 43.2 Å². The van der Waals surface area contributed by atoms with Gasteiger partial charge in [0.2, 0.25) is 0 Å². The van der Waals surface area contributed by atoms with Crippen LogP contribution < -0.4 is 5.32 Å². The molecule has 1 N–H and O–H groups in total. The van der Waals surface area contributed by atoms with Crippen LogP contribution in [-0.4, -0.2) is 16.8 Å². The van der Waals surface area contributed by atoms with E-state index in [1.54, 1.807) is 11.3 Å². The molecule has 1 atom stereocenters. The van der Waals surface area contributed by atoms with Crippen molar-refractivity contribution in [3.8, 4) is 0 Å². The average molecular weight is 421 g/mol. The molecule has 0 fully saturated rings. The van der Waals surface area contributed by atoms with Gasteiger partial charge in [-0.05, 0) is 69.3 Å². The highest BCUT2D eigenvalue weighted by atomic mass is 79.9. The minimum absolute atomic E-state index is 0.306. The maximum atomic E-state index is 4.67. The molecular formula is C14H19Br2N3S. The largest absolute Gasteiger partial charge is 0.313 e. The van der Waals surface area contributed by atoms with Gasteiger partial charge in [0.25, 0.3) is 0 Å². The monoisotopic (exact) mass is 419 g/mol. The van der Waals surface area contributed by atoms with Gasteiger partial charge in [0.05, 0.1) is 19.6 Å². The van der Waals surface area contributed by atoms with Crippen LogP contribution in [0, 0.1) is 0 Å². The molecule has 6 heteroatoms. The van der Waals surface area contributed by atoms with Crippen molar-refractivity contribution in [2.75, 3.05) is 7.05 Å². The summed E-state index contributed by atoms with van der Waals surface area (Å²) in [5.41, 5.74) is 3.73. The first-order valence-corrected chi connectivity index (χ1v) is 9.22. The summed E-state index contributed by atoms with van der Waals surface area (Å²) in [5.74, 6) is 0. The summed E-state index contributed by atoms with van der Waals surface area (Å²) >= 11 is 8.98. The predicted octanol–water partition coefficient (Wildman–Crippen LogP) is 4.56. The Balaban J connectivity index is 2.29. The fourth-order valence-corrected chi connectivity index (χ4v) is 4.25. The summed E-state index contributed by atoms with van der Waals surface area (Å²) in [6.07, 6.45) is 1.88. The van der Waals surface area contributed by atoms with Crippen LogP contribution in [0.2, 0.25) is 0 Å². The van der Waals surface area contributed by atoms with Gasteiger partial charge >= 0.3 is 0 Å². The lowest BCUT2D eigenvalue weighted by molar-refractivity contribution is 0.540. The zero-order valence-electron chi connectivity index (χ0n) is 11.9. The molecule has 0 radical (unpaired) electrons. The van der Waals surface area contributed by atoms with Crippen molar-refractivity contribution in [1.82, 2.24) is 15.1 Å². The van der Waals surface area contributed by atoms with Crippen LogP contribution in [0.25, 0.3) is 0 Å². The second-order valence-electron chi connectivity index (χ2n) is 4.61. The Labute approximate surface area is 141 Å². The average Bonchev–Trinajstić information content (AvgIpc) is 3.00. The summed E-state index contributed by atoms with van der Waals surface area (Å²) in [6.45, 7) is 5.18. The van der Waals surface area contributed by atoms with E-state index in [9.17, 15) is 0 Å². The molecule has 2 aromatic heterocycles. The Kier molecular flexibility index (Phi) is 5.84. The molecule has 2 heterocycles. The summed E-state index contributed by atoms with van der Waals surface area (Å²) in [5, 5.41) is 10.3. The number of halogens is 2. The zero-order chi connectivity index (χ0) is 14.7. The minimum atomic E-state index is 0.306. The van der Waals surface area contributed by atoms with E-state index in [4.69, 9.17) is 0 Å². The number of rotatable bonds is 6. The molecule has 2 rings (SSSR count).